The van der Waals surface area contributed by atoms with Gasteiger partial charge in [-0.25, -0.2) is 28.2 Å². The Bertz CT molecular complexity index is 1890. The van der Waals surface area contributed by atoms with Gasteiger partial charge in [0.25, 0.3) is 0 Å². The van der Waals surface area contributed by atoms with Crippen LogP contribution < -0.4 is 16.4 Å². The molecule has 43 heavy (non-hydrogen) atoms. The van der Waals surface area contributed by atoms with Crippen LogP contribution in [0.15, 0.2) is 77.3 Å². The number of hydrogen-bond acceptors (Lipinski definition) is 8. The number of anilines is 1. The second-order valence-electron chi connectivity index (χ2n) is 10.3. The summed E-state index contributed by atoms with van der Waals surface area (Å²) in [6.45, 7) is 2.59. The van der Waals surface area contributed by atoms with Gasteiger partial charge in [-0.2, -0.15) is 4.31 Å². The lowest BCUT2D eigenvalue weighted by atomic mass is 10.0. The number of thiazole rings is 1. The SMILES string of the molecule is CC(NC(N)=O)c1cccc(-c2nc3sccn3c2-c2ccnc(N[C@@H]3CCCN(S(=O)(=O)c4ccc(Cl)cc4)C3)n2)c1. The Kier molecular flexibility index (Phi) is 8.05. The summed E-state index contributed by atoms with van der Waals surface area (Å²) in [6.07, 6.45) is 5.10. The number of piperidine rings is 1. The predicted octanol–water partition coefficient (Wildman–Crippen LogP) is 5.17. The Balaban J connectivity index is 1.28. The van der Waals surface area contributed by atoms with Crippen molar-refractivity contribution in [3.63, 3.8) is 0 Å². The number of aromatic nitrogens is 4. The average molecular weight is 637 g/mol. The van der Waals surface area contributed by atoms with Crippen molar-refractivity contribution in [2.75, 3.05) is 18.4 Å². The number of primary amides is 1. The van der Waals surface area contributed by atoms with Gasteiger partial charge in [0.05, 0.1) is 22.3 Å². The van der Waals surface area contributed by atoms with Crippen LogP contribution in [-0.4, -0.2) is 57.2 Å². The largest absolute Gasteiger partial charge is 0.352 e. The van der Waals surface area contributed by atoms with Crippen molar-refractivity contribution in [1.29, 1.82) is 0 Å². The quantitative estimate of drug-likeness (QED) is 0.213. The summed E-state index contributed by atoms with van der Waals surface area (Å²) in [5.74, 6) is 0.400. The summed E-state index contributed by atoms with van der Waals surface area (Å²) in [6, 6.07) is 14.8. The topological polar surface area (TPSA) is 148 Å². The summed E-state index contributed by atoms with van der Waals surface area (Å²) in [5, 5.41) is 8.52. The normalized spacial score (nSPS) is 16.7. The Morgan fingerprint density at radius 1 is 1.16 bits per heavy atom. The molecule has 4 heterocycles. The summed E-state index contributed by atoms with van der Waals surface area (Å²) in [5.41, 5.74) is 9.29. The first-order chi connectivity index (χ1) is 20.7. The number of halogens is 1. The van der Waals surface area contributed by atoms with E-state index < -0.39 is 16.1 Å². The highest BCUT2D eigenvalue weighted by atomic mass is 35.5. The first kappa shape index (κ1) is 29.1. The monoisotopic (exact) mass is 636 g/mol. The Morgan fingerprint density at radius 3 is 2.77 bits per heavy atom. The van der Waals surface area contributed by atoms with Gasteiger partial charge >= 0.3 is 6.03 Å². The molecular weight excluding hydrogens is 608 g/mol. The van der Waals surface area contributed by atoms with E-state index in [9.17, 15) is 13.2 Å². The number of benzene rings is 2. The van der Waals surface area contributed by atoms with Crippen molar-refractivity contribution in [2.24, 2.45) is 5.73 Å². The van der Waals surface area contributed by atoms with Crippen LogP contribution in [0, 0.1) is 0 Å². The van der Waals surface area contributed by atoms with Gasteiger partial charge in [0.15, 0.2) is 4.96 Å². The zero-order valence-corrected chi connectivity index (χ0v) is 25.5. The molecular formula is C29H29ClN8O3S2. The molecule has 222 valence electrons. The third-order valence-electron chi connectivity index (χ3n) is 7.35. The number of nitrogens with two attached hydrogens (primary N) is 1. The third kappa shape index (κ3) is 6.07. The highest BCUT2D eigenvalue weighted by Gasteiger charge is 2.31. The molecule has 1 saturated heterocycles. The smallest absolute Gasteiger partial charge is 0.312 e. The Labute approximate surface area is 257 Å². The van der Waals surface area contributed by atoms with Crippen molar-refractivity contribution < 1.29 is 13.2 Å². The molecule has 0 spiro atoms. The molecule has 11 nitrogen and oxygen atoms in total. The summed E-state index contributed by atoms with van der Waals surface area (Å²) >= 11 is 7.48. The molecule has 0 saturated carbocycles. The minimum absolute atomic E-state index is 0.173. The van der Waals surface area contributed by atoms with Gasteiger partial charge in [0, 0.05) is 47.5 Å². The van der Waals surface area contributed by atoms with Gasteiger partial charge < -0.3 is 16.4 Å². The van der Waals surface area contributed by atoms with E-state index in [1.165, 1.54) is 27.8 Å². The van der Waals surface area contributed by atoms with Crippen LogP contribution >= 0.6 is 22.9 Å². The number of urea groups is 1. The predicted molar refractivity (Wildman–Crippen MR) is 168 cm³/mol. The van der Waals surface area contributed by atoms with E-state index in [2.05, 4.69) is 15.6 Å². The minimum Gasteiger partial charge on any atom is -0.352 e. The summed E-state index contributed by atoms with van der Waals surface area (Å²) in [7, 11) is -3.67. The molecule has 1 fully saturated rings. The van der Waals surface area contributed by atoms with Crippen LogP contribution in [0.2, 0.25) is 5.02 Å². The van der Waals surface area contributed by atoms with Crippen LogP contribution in [0.25, 0.3) is 27.6 Å². The number of fused-ring (bicyclic) bond motifs is 1. The molecule has 2 amide bonds. The van der Waals surface area contributed by atoms with Crippen molar-refractivity contribution in [2.45, 2.75) is 36.7 Å². The number of nitrogens with zero attached hydrogens (tertiary/aromatic N) is 5. The van der Waals surface area contributed by atoms with E-state index in [4.69, 9.17) is 27.3 Å². The van der Waals surface area contributed by atoms with Gasteiger partial charge in [-0.05, 0) is 61.7 Å². The van der Waals surface area contributed by atoms with E-state index in [0.717, 1.165) is 33.9 Å². The number of nitrogens with one attached hydrogen (secondary N) is 2. The standard InChI is InChI=1S/C29H29ClN8O3S2/c1-18(33-27(31)39)19-4-2-5-20(16-19)25-26(38-14-15-42-29(38)36-25)24-11-12-32-28(35-24)34-22-6-3-13-37(17-22)43(40,41)23-9-7-21(30)8-10-23/h2,4-5,7-12,14-16,18,22H,3,6,13,17H2,1H3,(H3,31,33,39)(H,32,34,35)/t18?,22-/m1/s1. The second-order valence-corrected chi connectivity index (χ2v) is 13.5. The maximum atomic E-state index is 13.3. The van der Waals surface area contributed by atoms with Crippen LogP contribution in [-0.2, 0) is 10.0 Å². The molecule has 3 aromatic heterocycles. The highest BCUT2D eigenvalue weighted by molar-refractivity contribution is 7.89. The Hall–Kier alpha value is -4.04. The molecule has 6 rings (SSSR count). The van der Waals surface area contributed by atoms with Crippen molar-refractivity contribution in [1.82, 2.24) is 29.0 Å². The van der Waals surface area contributed by atoms with Crippen molar-refractivity contribution in [3.8, 4) is 22.6 Å². The van der Waals surface area contributed by atoms with Crippen LogP contribution in [0.4, 0.5) is 10.7 Å². The lowest BCUT2D eigenvalue weighted by molar-refractivity contribution is 0.246. The fourth-order valence-corrected chi connectivity index (χ4v) is 7.62. The van der Waals surface area contributed by atoms with Gasteiger partial charge in [0.1, 0.15) is 5.69 Å². The van der Waals surface area contributed by atoms with Crippen LogP contribution in [0.1, 0.15) is 31.4 Å². The second kappa shape index (κ2) is 11.9. The van der Waals surface area contributed by atoms with E-state index in [1.807, 2.05) is 53.2 Å². The lowest BCUT2D eigenvalue weighted by Crippen LogP contribution is -2.45. The van der Waals surface area contributed by atoms with Crippen LogP contribution in [0.5, 0.6) is 0 Å². The van der Waals surface area contributed by atoms with E-state index in [-0.39, 0.29) is 23.5 Å². The molecule has 2 aromatic carbocycles. The van der Waals surface area contributed by atoms with Gasteiger partial charge in [-0.3, -0.25) is 4.40 Å². The number of amides is 2. The van der Waals surface area contributed by atoms with E-state index in [1.54, 1.807) is 18.3 Å². The summed E-state index contributed by atoms with van der Waals surface area (Å²) in [4.78, 5) is 26.6. The number of rotatable bonds is 8. The average Bonchev–Trinajstić information content (AvgIpc) is 3.59. The molecule has 1 unspecified atom stereocenters. The fraction of sp³-hybridized carbons (Fsp3) is 0.241. The van der Waals surface area contributed by atoms with E-state index in [0.29, 0.717) is 29.6 Å². The number of carbonyl (C=O) groups excluding carboxylic acids is 1. The first-order valence-corrected chi connectivity index (χ1v) is 16.4. The zero-order valence-electron chi connectivity index (χ0n) is 23.1. The first-order valence-electron chi connectivity index (χ1n) is 13.7. The number of carbonyl (C=O) groups is 1. The van der Waals surface area contributed by atoms with Gasteiger partial charge in [-0.15, -0.1) is 11.3 Å². The summed E-state index contributed by atoms with van der Waals surface area (Å²) < 4.78 is 30.1. The molecule has 0 radical (unpaired) electrons. The van der Waals surface area contributed by atoms with E-state index >= 15 is 0 Å². The fourth-order valence-electron chi connectivity index (χ4n) is 5.26. The van der Waals surface area contributed by atoms with Gasteiger partial charge in [-0.1, -0.05) is 29.8 Å². The molecule has 1 aliphatic heterocycles. The minimum atomic E-state index is -3.67. The molecule has 1 aliphatic rings. The molecule has 0 bridgehead atoms. The molecule has 2 atom stereocenters. The maximum absolute atomic E-state index is 13.3. The highest BCUT2D eigenvalue weighted by Crippen LogP contribution is 2.35. The third-order valence-corrected chi connectivity index (χ3v) is 10.2. The van der Waals surface area contributed by atoms with Crippen LogP contribution in [0.3, 0.4) is 0 Å². The Morgan fingerprint density at radius 2 is 1.98 bits per heavy atom. The number of hydrogen-bond donors (Lipinski definition) is 3. The maximum Gasteiger partial charge on any atom is 0.312 e. The zero-order chi connectivity index (χ0) is 30.1. The molecule has 4 N–H and O–H groups in total. The molecule has 0 aliphatic carbocycles. The number of sulfonamides is 1. The molecule has 14 heteroatoms. The van der Waals surface area contributed by atoms with Crippen molar-refractivity contribution in [3.05, 3.63) is 83.0 Å². The van der Waals surface area contributed by atoms with Crippen molar-refractivity contribution >= 4 is 49.9 Å². The lowest BCUT2D eigenvalue weighted by Gasteiger charge is -2.32. The molecule has 5 aromatic rings. The van der Waals surface area contributed by atoms with Gasteiger partial charge in [0.2, 0.25) is 16.0 Å². The number of imidazole rings is 1.